The van der Waals surface area contributed by atoms with Crippen LogP contribution in [0, 0.1) is 11.3 Å². The van der Waals surface area contributed by atoms with Gasteiger partial charge in [-0.05, 0) is 12.1 Å². The fourth-order valence-corrected chi connectivity index (χ4v) is 1.47. The Bertz CT molecular complexity index is 309. The Kier molecular flexibility index (Phi) is 2.05. The van der Waals surface area contributed by atoms with Crippen LogP contribution >= 0.6 is 0 Å². The molecule has 1 aromatic rings. The van der Waals surface area contributed by atoms with Gasteiger partial charge in [0.05, 0.1) is 18.4 Å². The summed E-state index contributed by atoms with van der Waals surface area (Å²) in [6.45, 7) is 1.11. The first-order chi connectivity index (χ1) is 6.31. The molecule has 1 fully saturated rings. The Morgan fingerprint density at radius 2 is 2.46 bits per heavy atom. The Morgan fingerprint density at radius 3 is 2.92 bits per heavy atom. The van der Waals surface area contributed by atoms with Crippen LogP contribution in [0.1, 0.15) is 11.8 Å². The lowest BCUT2D eigenvalue weighted by Gasteiger charge is -2.37. The van der Waals surface area contributed by atoms with Crippen molar-refractivity contribution in [3.63, 3.8) is 0 Å². The largest absolute Gasteiger partial charge is 0.467 e. The minimum atomic E-state index is -0.349. The number of aliphatic hydroxyl groups is 1. The maximum absolute atomic E-state index is 9.08. The maximum Gasteiger partial charge on any atom is 0.157 e. The van der Waals surface area contributed by atoms with Crippen molar-refractivity contribution in [2.75, 3.05) is 13.1 Å². The highest BCUT2D eigenvalue weighted by atomic mass is 16.3. The van der Waals surface area contributed by atoms with E-state index in [0.717, 1.165) is 0 Å². The van der Waals surface area contributed by atoms with Crippen molar-refractivity contribution in [1.29, 1.82) is 5.26 Å². The fraction of sp³-hybridized carbons (Fsp3) is 0.444. The second-order valence-corrected chi connectivity index (χ2v) is 3.15. The molecule has 4 nitrogen and oxygen atoms in total. The van der Waals surface area contributed by atoms with Gasteiger partial charge in [0.15, 0.2) is 6.04 Å². The van der Waals surface area contributed by atoms with Crippen molar-refractivity contribution in [3.05, 3.63) is 24.2 Å². The van der Waals surface area contributed by atoms with Gasteiger partial charge in [0.2, 0.25) is 0 Å². The Morgan fingerprint density at radius 1 is 1.69 bits per heavy atom. The molecule has 1 unspecified atom stereocenters. The summed E-state index contributed by atoms with van der Waals surface area (Å²) < 4.78 is 5.13. The van der Waals surface area contributed by atoms with Crippen LogP contribution in [0.2, 0.25) is 0 Å². The number of nitrogens with zero attached hydrogens (tertiary/aromatic N) is 2. The second kappa shape index (κ2) is 3.21. The molecule has 0 spiro atoms. The summed E-state index contributed by atoms with van der Waals surface area (Å²) in [6, 6.07) is 5.34. The Labute approximate surface area is 76.0 Å². The zero-order chi connectivity index (χ0) is 9.26. The van der Waals surface area contributed by atoms with Crippen LogP contribution in [-0.2, 0) is 0 Å². The normalized spacial score (nSPS) is 20.6. The molecule has 0 saturated carbocycles. The van der Waals surface area contributed by atoms with E-state index in [1.807, 2.05) is 4.90 Å². The van der Waals surface area contributed by atoms with E-state index in [2.05, 4.69) is 6.07 Å². The van der Waals surface area contributed by atoms with Crippen molar-refractivity contribution < 1.29 is 9.52 Å². The van der Waals surface area contributed by atoms with Crippen molar-refractivity contribution >= 4 is 0 Å². The predicted molar refractivity (Wildman–Crippen MR) is 44.6 cm³/mol. The first kappa shape index (κ1) is 8.30. The summed E-state index contributed by atoms with van der Waals surface area (Å²) in [4.78, 5) is 1.88. The predicted octanol–water partition coefficient (Wildman–Crippen LogP) is 0.521. The lowest BCUT2D eigenvalue weighted by molar-refractivity contribution is -0.0167. The van der Waals surface area contributed by atoms with E-state index in [0.29, 0.717) is 18.8 Å². The molecule has 1 aromatic heterocycles. The lowest BCUT2D eigenvalue weighted by Crippen LogP contribution is -2.51. The molecule has 1 aliphatic heterocycles. The molecule has 4 heteroatoms. The molecule has 0 aliphatic carbocycles. The van der Waals surface area contributed by atoms with Crippen molar-refractivity contribution in [1.82, 2.24) is 4.90 Å². The van der Waals surface area contributed by atoms with Gasteiger partial charge >= 0.3 is 0 Å². The number of rotatable bonds is 2. The third kappa shape index (κ3) is 1.44. The third-order valence-corrected chi connectivity index (χ3v) is 2.19. The van der Waals surface area contributed by atoms with E-state index < -0.39 is 0 Å². The molecule has 13 heavy (non-hydrogen) atoms. The highest BCUT2D eigenvalue weighted by molar-refractivity contribution is 5.14. The van der Waals surface area contributed by atoms with Gasteiger partial charge in [-0.1, -0.05) is 0 Å². The van der Waals surface area contributed by atoms with Gasteiger partial charge in [-0.15, -0.1) is 0 Å². The van der Waals surface area contributed by atoms with Crippen molar-refractivity contribution in [3.8, 4) is 6.07 Å². The van der Waals surface area contributed by atoms with E-state index in [9.17, 15) is 0 Å². The smallest absolute Gasteiger partial charge is 0.157 e. The Hall–Kier alpha value is -1.31. The molecule has 1 atom stereocenters. The SMILES string of the molecule is N#CC(c1ccco1)N1CC(O)C1. The summed E-state index contributed by atoms with van der Waals surface area (Å²) in [6.07, 6.45) is 1.27. The van der Waals surface area contributed by atoms with Gasteiger partial charge in [0, 0.05) is 13.1 Å². The molecule has 2 heterocycles. The summed E-state index contributed by atoms with van der Waals surface area (Å²) in [5.74, 6) is 0.648. The van der Waals surface area contributed by atoms with Crippen molar-refractivity contribution in [2.45, 2.75) is 12.1 Å². The number of nitriles is 1. The van der Waals surface area contributed by atoms with Crippen LogP contribution in [0.3, 0.4) is 0 Å². The highest BCUT2D eigenvalue weighted by Crippen LogP contribution is 2.25. The van der Waals surface area contributed by atoms with E-state index in [1.165, 1.54) is 0 Å². The molecule has 0 bridgehead atoms. The summed E-state index contributed by atoms with van der Waals surface area (Å²) in [5.41, 5.74) is 0. The minimum Gasteiger partial charge on any atom is -0.467 e. The topological polar surface area (TPSA) is 60.4 Å². The average molecular weight is 178 g/mol. The number of aliphatic hydroxyl groups excluding tert-OH is 1. The molecule has 0 radical (unpaired) electrons. The van der Waals surface area contributed by atoms with Gasteiger partial charge in [-0.25, -0.2) is 0 Å². The summed E-state index contributed by atoms with van der Waals surface area (Å²) in [7, 11) is 0. The third-order valence-electron chi connectivity index (χ3n) is 2.19. The lowest BCUT2D eigenvalue weighted by atomic mass is 10.1. The minimum absolute atomic E-state index is 0.286. The van der Waals surface area contributed by atoms with Crippen LogP contribution < -0.4 is 0 Å². The highest BCUT2D eigenvalue weighted by Gasteiger charge is 2.33. The number of hydrogen-bond donors (Lipinski definition) is 1. The van der Waals surface area contributed by atoms with Gasteiger partial charge in [-0.2, -0.15) is 5.26 Å². The molecular formula is C9H10N2O2. The van der Waals surface area contributed by atoms with E-state index >= 15 is 0 Å². The van der Waals surface area contributed by atoms with Crippen LogP contribution in [-0.4, -0.2) is 29.2 Å². The number of furan rings is 1. The van der Waals surface area contributed by atoms with Crippen LogP contribution in [0.4, 0.5) is 0 Å². The molecular weight excluding hydrogens is 168 g/mol. The van der Waals surface area contributed by atoms with E-state index in [4.69, 9.17) is 14.8 Å². The average Bonchev–Trinajstić information content (AvgIpc) is 2.55. The molecule has 0 amide bonds. The molecule has 68 valence electrons. The molecule has 0 aromatic carbocycles. The summed E-state index contributed by atoms with van der Waals surface area (Å²) in [5, 5.41) is 18.0. The van der Waals surface area contributed by atoms with Gasteiger partial charge < -0.3 is 9.52 Å². The quantitative estimate of drug-likeness (QED) is 0.717. The molecule has 1 N–H and O–H groups in total. The van der Waals surface area contributed by atoms with Crippen molar-refractivity contribution in [2.24, 2.45) is 0 Å². The number of β-amino-alcohol motifs (C(OH)–C–C–N with tert-alkyl or cyclic N) is 1. The molecule has 1 aliphatic rings. The zero-order valence-corrected chi connectivity index (χ0v) is 7.05. The van der Waals surface area contributed by atoms with Crippen LogP contribution in [0.5, 0.6) is 0 Å². The van der Waals surface area contributed by atoms with Gasteiger partial charge in [0.25, 0.3) is 0 Å². The maximum atomic E-state index is 9.08. The van der Waals surface area contributed by atoms with Gasteiger partial charge in [-0.3, -0.25) is 4.90 Å². The monoisotopic (exact) mass is 178 g/mol. The van der Waals surface area contributed by atoms with Crippen LogP contribution in [0.25, 0.3) is 0 Å². The second-order valence-electron chi connectivity index (χ2n) is 3.15. The fourth-order valence-electron chi connectivity index (χ4n) is 1.47. The summed E-state index contributed by atoms with van der Waals surface area (Å²) >= 11 is 0. The van der Waals surface area contributed by atoms with Gasteiger partial charge in [0.1, 0.15) is 5.76 Å². The Balaban J connectivity index is 2.08. The first-order valence-electron chi connectivity index (χ1n) is 4.16. The van der Waals surface area contributed by atoms with E-state index in [-0.39, 0.29) is 12.1 Å². The molecule has 1 saturated heterocycles. The number of hydrogen-bond acceptors (Lipinski definition) is 4. The number of likely N-dealkylation sites (tertiary alicyclic amines) is 1. The van der Waals surface area contributed by atoms with Crippen LogP contribution in [0.15, 0.2) is 22.8 Å². The zero-order valence-electron chi connectivity index (χ0n) is 7.05. The molecule has 2 rings (SSSR count). The standard InChI is InChI=1S/C9H10N2O2/c10-4-8(9-2-1-3-13-9)11-5-7(12)6-11/h1-3,7-8,12H,5-6H2. The van der Waals surface area contributed by atoms with E-state index in [1.54, 1.807) is 18.4 Å². The first-order valence-corrected chi connectivity index (χ1v) is 4.16.